The Bertz CT molecular complexity index is 281. The molecule has 0 aliphatic heterocycles. The van der Waals surface area contributed by atoms with E-state index in [9.17, 15) is 4.79 Å². The molecular weight excluding hydrogens is 388 g/mol. The van der Waals surface area contributed by atoms with Crippen LogP contribution in [0, 0.1) is 0 Å². The van der Waals surface area contributed by atoms with Gasteiger partial charge in [0.25, 0.3) is 0 Å². The summed E-state index contributed by atoms with van der Waals surface area (Å²) in [5.41, 5.74) is 0. The summed E-state index contributed by atoms with van der Waals surface area (Å²) in [6.45, 7) is 9.93. The van der Waals surface area contributed by atoms with E-state index in [-0.39, 0.29) is 0 Å². The van der Waals surface area contributed by atoms with Crippen molar-refractivity contribution < 1.29 is 18.1 Å². The van der Waals surface area contributed by atoms with Crippen molar-refractivity contribution in [2.24, 2.45) is 0 Å². The van der Waals surface area contributed by atoms with Gasteiger partial charge in [-0.3, -0.25) is 4.79 Å². The van der Waals surface area contributed by atoms with E-state index in [1.165, 1.54) is 37.4 Å². The van der Waals surface area contributed by atoms with Crippen LogP contribution in [0.4, 0.5) is 0 Å². The Kier molecular flexibility index (Phi) is 23.4. The highest BCUT2D eigenvalue weighted by atomic mass is 32.3. The molecule has 0 N–H and O–H groups in total. The van der Waals surface area contributed by atoms with Crippen LogP contribution in [0.5, 0.6) is 0 Å². The molecule has 0 atom stereocenters. The van der Waals surface area contributed by atoms with Gasteiger partial charge < -0.3 is 13.3 Å². The van der Waals surface area contributed by atoms with Gasteiger partial charge in [-0.15, -0.1) is 0 Å². The summed E-state index contributed by atoms with van der Waals surface area (Å²) in [7, 11) is -1.53. The molecule has 0 spiro atoms. The summed E-state index contributed by atoms with van der Waals surface area (Å²) in [6.07, 6.45) is 7.59. The zero-order valence-electron chi connectivity index (χ0n) is 17.0. The summed E-state index contributed by atoms with van der Waals surface area (Å²) < 4.78 is 17.5. The van der Waals surface area contributed by atoms with Crippen molar-refractivity contribution in [3.05, 3.63) is 0 Å². The predicted molar refractivity (Wildman–Crippen MR) is 120 cm³/mol. The van der Waals surface area contributed by atoms with E-state index in [4.69, 9.17) is 13.3 Å². The van der Waals surface area contributed by atoms with Crippen molar-refractivity contribution in [2.75, 3.05) is 25.6 Å². The average molecular weight is 429 g/mol. The quantitative estimate of drug-likeness (QED) is 0.226. The zero-order chi connectivity index (χ0) is 19.4. The van der Waals surface area contributed by atoms with E-state index in [2.05, 4.69) is 19.0 Å². The zero-order valence-corrected chi connectivity index (χ0v) is 21.7. The second kappa shape index (κ2) is 21.0. The van der Waals surface area contributed by atoms with Crippen LogP contribution in [0.2, 0.25) is 6.04 Å². The maximum Gasteiger partial charge on any atom is 0.500 e. The summed E-state index contributed by atoms with van der Waals surface area (Å²) in [6, 6.07) is 0.791. The summed E-state index contributed by atoms with van der Waals surface area (Å²) >= 11 is 5.12. The van der Waals surface area contributed by atoms with Crippen LogP contribution in [-0.2, 0) is 18.1 Å². The van der Waals surface area contributed by atoms with Crippen LogP contribution in [0.25, 0.3) is 0 Å². The fourth-order valence-corrected chi connectivity index (χ4v) is 6.09. The minimum Gasteiger partial charge on any atom is -0.374 e. The van der Waals surface area contributed by atoms with Crippen LogP contribution in [0.1, 0.15) is 72.6 Å². The van der Waals surface area contributed by atoms with Gasteiger partial charge in [0.2, 0.25) is 0 Å². The van der Waals surface area contributed by atoms with Crippen LogP contribution in [-0.4, -0.2) is 48.9 Å². The molecule has 4 nitrogen and oxygen atoms in total. The summed E-state index contributed by atoms with van der Waals surface area (Å²) in [4.78, 5) is 11.9. The van der Waals surface area contributed by atoms with Gasteiger partial charge in [-0.05, 0) is 33.6 Å². The minimum absolute atomic E-state index is 0.318. The molecule has 0 saturated heterocycles. The monoisotopic (exact) mass is 428 g/mol. The Balaban J connectivity index is 0. The van der Waals surface area contributed by atoms with E-state index >= 15 is 0 Å². The lowest BCUT2D eigenvalue weighted by Crippen LogP contribution is -2.46. The molecule has 0 fully saturated rings. The van der Waals surface area contributed by atoms with Gasteiger partial charge in [0, 0.05) is 38.0 Å². The smallest absolute Gasteiger partial charge is 0.374 e. The summed E-state index contributed by atoms with van der Waals surface area (Å²) in [5, 5.41) is 0.318. The van der Waals surface area contributed by atoms with Crippen molar-refractivity contribution in [2.45, 2.75) is 78.7 Å². The third-order valence-electron chi connectivity index (χ3n) is 3.47. The molecule has 0 aliphatic carbocycles. The Labute approximate surface area is 169 Å². The van der Waals surface area contributed by atoms with Gasteiger partial charge >= 0.3 is 8.80 Å². The Morgan fingerprint density at radius 1 is 0.880 bits per heavy atom. The standard InChI is InChI=1S/C17H36O4SSi.H4SSi/c1-5-9-10-11-12-14-17(18)22-15-13-16-23(19-6-2,20-7-3)21-8-4;1-2/h5-16H2,1-4H3;1H,2H3. The van der Waals surface area contributed by atoms with Gasteiger partial charge in [0.15, 0.2) is 5.12 Å². The van der Waals surface area contributed by atoms with Crippen molar-refractivity contribution >= 4 is 47.2 Å². The molecule has 0 radical (unpaired) electrons. The third kappa shape index (κ3) is 16.6. The fraction of sp³-hybridized carbons (Fsp3) is 0.941. The number of carbonyl (C=O) groups excluding carboxylic acids is 1. The Morgan fingerprint density at radius 2 is 1.40 bits per heavy atom. The second-order valence-corrected chi connectivity index (χ2v) is 9.35. The number of thioether (sulfide) groups is 1. The topological polar surface area (TPSA) is 44.8 Å². The highest BCUT2D eigenvalue weighted by Gasteiger charge is 2.39. The molecule has 0 heterocycles. The maximum atomic E-state index is 11.9. The Morgan fingerprint density at radius 3 is 1.88 bits per heavy atom. The maximum absolute atomic E-state index is 11.9. The van der Waals surface area contributed by atoms with E-state index in [0.29, 0.717) is 31.4 Å². The molecule has 25 heavy (non-hydrogen) atoms. The molecule has 0 saturated carbocycles. The van der Waals surface area contributed by atoms with Crippen LogP contribution >= 0.6 is 23.8 Å². The first-order valence-electron chi connectivity index (χ1n) is 9.66. The number of thiol groups is 1. The van der Waals surface area contributed by atoms with Crippen LogP contribution < -0.4 is 0 Å². The number of hydrogen-bond acceptors (Lipinski definition) is 6. The van der Waals surface area contributed by atoms with Gasteiger partial charge in [0.05, 0.1) is 9.39 Å². The molecule has 0 bridgehead atoms. The molecule has 0 rings (SSSR count). The van der Waals surface area contributed by atoms with Crippen molar-refractivity contribution in [3.8, 4) is 0 Å². The first-order valence-corrected chi connectivity index (χ1v) is 16.2. The second-order valence-electron chi connectivity index (χ2n) is 5.47. The van der Waals surface area contributed by atoms with Crippen molar-refractivity contribution in [1.82, 2.24) is 0 Å². The molecule has 0 amide bonds. The normalized spacial score (nSPS) is 11.2. The lowest BCUT2D eigenvalue weighted by Gasteiger charge is -2.28. The number of hydrogen-bond donors (Lipinski definition) is 1. The summed E-state index contributed by atoms with van der Waals surface area (Å²) in [5.74, 6) is 0.829. The van der Waals surface area contributed by atoms with Gasteiger partial charge in [0.1, 0.15) is 0 Å². The molecule has 0 aliphatic rings. The largest absolute Gasteiger partial charge is 0.500 e. The SMILES string of the molecule is CCCCCCCC(=O)SCCC[Si](OCC)(OCC)OCC.[SiH3]S. The Hall–Kier alpha value is 0.684. The lowest BCUT2D eigenvalue weighted by molar-refractivity contribution is -0.111. The van der Waals surface area contributed by atoms with Crippen molar-refractivity contribution in [1.29, 1.82) is 0 Å². The van der Waals surface area contributed by atoms with Crippen molar-refractivity contribution in [3.63, 3.8) is 0 Å². The first-order chi connectivity index (χ1) is 12.1. The molecule has 152 valence electrons. The molecule has 0 aromatic carbocycles. The number of unbranched alkanes of at least 4 members (excludes halogenated alkanes) is 4. The number of carbonyl (C=O) groups is 1. The van der Waals surface area contributed by atoms with E-state index in [1.54, 1.807) is 0 Å². The van der Waals surface area contributed by atoms with Gasteiger partial charge in [-0.2, -0.15) is 0 Å². The van der Waals surface area contributed by atoms with E-state index in [0.717, 1.165) is 34.0 Å². The fourth-order valence-electron chi connectivity index (χ4n) is 2.42. The highest BCUT2D eigenvalue weighted by Crippen LogP contribution is 2.21. The highest BCUT2D eigenvalue weighted by molar-refractivity contribution is 8.13. The molecule has 0 aromatic rings. The predicted octanol–water partition coefficient (Wildman–Crippen LogP) is 4.24. The molecule has 8 heteroatoms. The minimum atomic E-state index is -2.53. The van der Waals surface area contributed by atoms with Crippen LogP contribution in [0.15, 0.2) is 0 Å². The van der Waals surface area contributed by atoms with Gasteiger partial charge in [-0.1, -0.05) is 44.4 Å². The average Bonchev–Trinajstić information content (AvgIpc) is 2.61. The first kappa shape index (κ1) is 27.9. The number of rotatable bonds is 16. The lowest BCUT2D eigenvalue weighted by atomic mass is 10.1. The van der Waals surface area contributed by atoms with E-state index < -0.39 is 8.80 Å². The van der Waals surface area contributed by atoms with Crippen LogP contribution in [0.3, 0.4) is 0 Å². The molecular formula is C17H40O4S2Si2. The van der Waals surface area contributed by atoms with E-state index in [1.807, 2.05) is 20.8 Å². The third-order valence-corrected chi connectivity index (χ3v) is 7.64. The van der Waals surface area contributed by atoms with Gasteiger partial charge in [-0.25, -0.2) is 12.1 Å². The molecule has 0 unspecified atom stereocenters. The molecule has 0 aromatic heterocycles.